The van der Waals surface area contributed by atoms with E-state index >= 15 is 0 Å². The average molecular weight is 274 g/mol. The molecule has 0 heterocycles. The molecule has 0 aromatic heterocycles. The first-order chi connectivity index (χ1) is 9.67. The molecule has 3 heteroatoms. The second-order valence-electron chi connectivity index (χ2n) is 5.76. The van der Waals surface area contributed by atoms with Gasteiger partial charge >= 0.3 is 0 Å². The van der Waals surface area contributed by atoms with E-state index < -0.39 is 0 Å². The van der Waals surface area contributed by atoms with Crippen LogP contribution in [0, 0.1) is 11.8 Å². The molecule has 3 nitrogen and oxygen atoms in total. The van der Waals surface area contributed by atoms with Gasteiger partial charge in [-0.2, -0.15) is 0 Å². The van der Waals surface area contributed by atoms with E-state index in [2.05, 4.69) is 24.5 Å². The molecule has 0 spiro atoms. The minimum Gasteiger partial charge on any atom is -0.385 e. The first-order valence-electron chi connectivity index (χ1n) is 7.81. The summed E-state index contributed by atoms with van der Waals surface area (Å²) in [5, 5.41) is 6.48. The third-order valence-corrected chi connectivity index (χ3v) is 4.61. The lowest BCUT2D eigenvalue weighted by atomic mass is 9.93. The molecule has 2 rings (SSSR count). The first-order valence-corrected chi connectivity index (χ1v) is 7.81. The van der Waals surface area contributed by atoms with E-state index in [1.807, 2.05) is 31.2 Å². The molecule has 1 amide bonds. The van der Waals surface area contributed by atoms with Gasteiger partial charge in [0.25, 0.3) is 5.91 Å². The monoisotopic (exact) mass is 274 g/mol. The summed E-state index contributed by atoms with van der Waals surface area (Å²) < 4.78 is 0. The molecule has 1 aromatic rings. The van der Waals surface area contributed by atoms with Crippen LogP contribution in [0.3, 0.4) is 0 Å². The summed E-state index contributed by atoms with van der Waals surface area (Å²) in [5.74, 6) is 1.38. The van der Waals surface area contributed by atoms with Gasteiger partial charge in [-0.05, 0) is 43.7 Å². The Kier molecular flexibility index (Phi) is 5.05. The predicted octanol–water partition coefficient (Wildman–Crippen LogP) is 3.67. The number of carbonyl (C=O) groups excluding carboxylic acids is 1. The van der Waals surface area contributed by atoms with E-state index in [4.69, 9.17) is 0 Å². The van der Waals surface area contributed by atoms with Crippen molar-refractivity contribution >= 4 is 11.6 Å². The van der Waals surface area contributed by atoms with Gasteiger partial charge in [-0.3, -0.25) is 4.79 Å². The quantitative estimate of drug-likeness (QED) is 0.860. The maximum absolute atomic E-state index is 12.5. The number of carbonyl (C=O) groups is 1. The molecular formula is C17H26N2O. The first kappa shape index (κ1) is 14.9. The van der Waals surface area contributed by atoms with E-state index in [1.54, 1.807) is 0 Å². The van der Waals surface area contributed by atoms with Crippen LogP contribution in [0.1, 0.15) is 50.4 Å². The summed E-state index contributed by atoms with van der Waals surface area (Å²) in [4.78, 5) is 12.5. The molecule has 3 unspecified atom stereocenters. The third-order valence-electron chi connectivity index (χ3n) is 4.61. The zero-order chi connectivity index (χ0) is 14.5. The Morgan fingerprint density at radius 2 is 2.00 bits per heavy atom. The highest BCUT2D eigenvalue weighted by Crippen LogP contribution is 2.34. The van der Waals surface area contributed by atoms with E-state index in [0.29, 0.717) is 12.0 Å². The lowest BCUT2D eigenvalue weighted by Gasteiger charge is -2.21. The van der Waals surface area contributed by atoms with E-state index in [1.165, 1.54) is 12.8 Å². The van der Waals surface area contributed by atoms with Crippen LogP contribution in [-0.2, 0) is 0 Å². The molecule has 0 aliphatic heterocycles. The normalized spacial score (nSPS) is 25.4. The van der Waals surface area contributed by atoms with Gasteiger partial charge in [0.15, 0.2) is 0 Å². The molecule has 1 aliphatic rings. The molecule has 0 saturated heterocycles. The van der Waals surface area contributed by atoms with Crippen molar-refractivity contribution < 1.29 is 4.79 Å². The summed E-state index contributed by atoms with van der Waals surface area (Å²) in [6.07, 6.45) is 3.55. The van der Waals surface area contributed by atoms with E-state index in [9.17, 15) is 4.79 Å². The molecule has 1 fully saturated rings. The second kappa shape index (κ2) is 6.78. The third kappa shape index (κ3) is 3.14. The number of para-hydroxylation sites is 1. The predicted molar refractivity (Wildman–Crippen MR) is 84.0 cm³/mol. The number of nitrogens with one attached hydrogen (secondary N) is 2. The zero-order valence-corrected chi connectivity index (χ0v) is 12.8. The summed E-state index contributed by atoms with van der Waals surface area (Å²) in [6.45, 7) is 7.37. The summed E-state index contributed by atoms with van der Waals surface area (Å²) >= 11 is 0. The van der Waals surface area contributed by atoms with Gasteiger partial charge in [-0.15, -0.1) is 0 Å². The fourth-order valence-electron chi connectivity index (χ4n) is 3.30. The number of hydrogen-bond acceptors (Lipinski definition) is 2. The Morgan fingerprint density at radius 3 is 2.65 bits per heavy atom. The van der Waals surface area contributed by atoms with Gasteiger partial charge in [0.1, 0.15) is 0 Å². The topological polar surface area (TPSA) is 41.1 Å². The summed E-state index contributed by atoms with van der Waals surface area (Å²) in [7, 11) is 0. The van der Waals surface area contributed by atoms with Crippen molar-refractivity contribution in [1.29, 1.82) is 0 Å². The molecule has 3 atom stereocenters. The van der Waals surface area contributed by atoms with Crippen molar-refractivity contribution in [2.75, 3.05) is 11.9 Å². The van der Waals surface area contributed by atoms with Crippen molar-refractivity contribution in [3.8, 4) is 0 Å². The van der Waals surface area contributed by atoms with Crippen LogP contribution in [0.2, 0.25) is 0 Å². The van der Waals surface area contributed by atoms with Gasteiger partial charge in [0, 0.05) is 18.3 Å². The van der Waals surface area contributed by atoms with Gasteiger partial charge in [0.2, 0.25) is 0 Å². The second-order valence-corrected chi connectivity index (χ2v) is 5.76. The Labute approximate surface area is 122 Å². The highest BCUT2D eigenvalue weighted by atomic mass is 16.1. The summed E-state index contributed by atoms with van der Waals surface area (Å²) in [5.41, 5.74) is 1.67. The van der Waals surface area contributed by atoms with Crippen LogP contribution in [0.4, 0.5) is 5.69 Å². The van der Waals surface area contributed by atoms with E-state index in [-0.39, 0.29) is 5.91 Å². The van der Waals surface area contributed by atoms with Crippen molar-refractivity contribution in [2.45, 2.75) is 46.1 Å². The van der Waals surface area contributed by atoms with Gasteiger partial charge < -0.3 is 10.6 Å². The number of rotatable bonds is 5. The molecule has 2 N–H and O–H groups in total. The van der Waals surface area contributed by atoms with E-state index in [0.717, 1.165) is 30.1 Å². The fourth-order valence-corrected chi connectivity index (χ4v) is 3.30. The minimum absolute atomic E-state index is 0.0511. The number of amides is 1. The number of anilines is 1. The Hall–Kier alpha value is -1.51. The van der Waals surface area contributed by atoms with Crippen LogP contribution in [0.5, 0.6) is 0 Å². The minimum atomic E-state index is 0.0511. The van der Waals surface area contributed by atoms with Crippen LogP contribution in [-0.4, -0.2) is 18.5 Å². The van der Waals surface area contributed by atoms with Crippen LogP contribution < -0.4 is 10.6 Å². The van der Waals surface area contributed by atoms with Gasteiger partial charge in [-0.1, -0.05) is 32.4 Å². The zero-order valence-electron chi connectivity index (χ0n) is 12.8. The molecule has 1 saturated carbocycles. The Bertz CT molecular complexity index is 458. The molecule has 0 radical (unpaired) electrons. The number of hydrogen-bond donors (Lipinski definition) is 2. The number of benzene rings is 1. The molecule has 110 valence electrons. The van der Waals surface area contributed by atoms with Crippen molar-refractivity contribution in [3.63, 3.8) is 0 Å². The smallest absolute Gasteiger partial charge is 0.253 e. The van der Waals surface area contributed by atoms with Crippen LogP contribution in [0.15, 0.2) is 24.3 Å². The van der Waals surface area contributed by atoms with Crippen LogP contribution >= 0.6 is 0 Å². The maximum Gasteiger partial charge on any atom is 0.253 e. The van der Waals surface area contributed by atoms with Gasteiger partial charge in [0.05, 0.1) is 5.56 Å². The van der Waals surface area contributed by atoms with Gasteiger partial charge in [-0.25, -0.2) is 0 Å². The Morgan fingerprint density at radius 1 is 1.25 bits per heavy atom. The SMILES string of the molecule is CCNc1ccccc1C(=O)NC1CCC(CC)C1C. The van der Waals surface area contributed by atoms with Crippen LogP contribution in [0.25, 0.3) is 0 Å². The lowest BCUT2D eigenvalue weighted by molar-refractivity contribution is 0.0927. The molecule has 0 bridgehead atoms. The largest absolute Gasteiger partial charge is 0.385 e. The molecule has 1 aliphatic carbocycles. The molecule has 20 heavy (non-hydrogen) atoms. The summed E-state index contributed by atoms with van der Waals surface area (Å²) in [6, 6.07) is 8.06. The lowest BCUT2D eigenvalue weighted by Crippen LogP contribution is -2.37. The average Bonchev–Trinajstić information content (AvgIpc) is 2.80. The molecular weight excluding hydrogens is 248 g/mol. The van der Waals surface area contributed by atoms with Crippen molar-refractivity contribution in [3.05, 3.63) is 29.8 Å². The maximum atomic E-state index is 12.5. The highest BCUT2D eigenvalue weighted by Gasteiger charge is 2.32. The molecule has 1 aromatic carbocycles. The highest BCUT2D eigenvalue weighted by molar-refractivity contribution is 5.99. The van der Waals surface area contributed by atoms with Crippen molar-refractivity contribution in [1.82, 2.24) is 5.32 Å². The van der Waals surface area contributed by atoms with Crippen molar-refractivity contribution in [2.24, 2.45) is 11.8 Å². The standard InChI is InChI=1S/C17H26N2O/c1-4-13-10-11-15(12(13)3)19-17(20)14-8-6-7-9-16(14)18-5-2/h6-9,12-13,15,18H,4-5,10-11H2,1-3H3,(H,19,20). The fraction of sp³-hybridized carbons (Fsp3) is 0.588. The Balaban J connectivity index is 2.05.